The van der Waals surface area contributed by atoms with Crippen LogP contribution in [0.4, 0.5) is 5.13 Å². The maximum absolute atomic E-state index is 13.3. The van der Waals surface area contributed by atoms with Crippen molar-refractivity contribution < 1.29 is 13.2 Å². The minimum atomic E-state index is -3.65. The fraction of sp³-hybridized carbons (Fsp3) is 0.174. The fourth-order valence-electron chi connectivity index (χ4n) is 3.29. The Labute approximate surface area is 205 Å². The van der Waals surface area contributed by atoms with Crippen molar-refractivity contribution in [3.8, 4) is 0 Å². The minimum absolute atomic E-state index is 0.126. The summed E-state index contributed by atoms with van der Waals surface area (Å²) in [5.41, 5.74) is 2.32. The highest BCUT2D eigenvalue weighted by molar-refractivity contribution is 7.91. The van der Waals surface area contributed by atoms with E-state index in [9.17, 15) is 13.2 Å². The van der Waals surface area contributed by atoms with Gasteiger partial charge in [0.05, 0.1) is 33.1 Å². The van der Waals surface area contributed by atoms with E-state index in [0.717, 1.165) is 15.8 Å². The van der Waals surface area contributed by atoms with E-state index in [1.807, 2.05) is 19.1 Å². The monoisotopic (exact) mass is 519 g/mol. The summed E-state index contributed by atoms with van der Waals surface area (Å²) in [6, 6.07) is 14.9. The lowest BCUT2D eigenvalue weighted by Crippen LogP contribution is -2.32. The number of carbonyl (C=O) groups is 1. The molecule has 0 radical (unpaired) electrons. The van der Waals surface area contributed by atoms with Crippen molar-refractivity contribution in [1.29, 1.82) is 0 Å². The molecule has 33 heavy (non-hydrogen) atoms. The highest BCUT2D eigenvalue weighted by Crippen LogP contribution is 2.34. The van der Waals surface area contributed by atoms with Gasteiger partial charge >= 0.3 is 0 Å². The number of amides is 1. The van der Waals surface area contributed by atoms with Gasteiger partial charge in [0.25, 0.3) is 0 Å². The minimum Gasteiger partial charge on any atom is -0.282 e. The third kappa shape index (κ3) is 5.52. The van der Waals surface area contributed by atoms with Crippen molar-refractivity contribution in [2.24, 2.45) is 0 Å². The number of hydrogen-bond donors (Lipinski definition) is 0. The SMILES string of the molecule is Cc1cc(Cl)cc2sc(N(Cc3ccccn3)C(=O)CCS(=O)(=O)c3ccc(Cl)cc3)nc12. The van der Waals surface area contributed by atoms with Gasteiger partial charge in [-0.05, 0) is 61.0 Å². The number of sulfone groups is 1. The largest absolute Gasteiger partial charge is 0.282 e. The van der Waals surface area contributed by atoms with Crippen molar-refractivity contribution in [2.45, 2.75) is 24.8 Å². The number of rotatable bonds is 7. The molecular formula is C23H19Cl2N3O3S2. The van der Waals surface area contributed by atoms with Gasteiger partial charge in [-0.2, -0.15) is 0 Å². The quantitative estimate of drug-likeness (QED) is 0.312. The Balaban J connectivity index is 1.62. The molecule has 0 spiro atoms. The van der Waals surface area contributed by atoms with Crippen molar-refractivity contribution in [3.63, 3.8) is 0 Å². The number of thiazole rings is 1. The summed E-state index contributed by atoms with van der Waals surface area (Å²) in [5, 5.41) is 1.50. The Morgan fingerprint density at radius 2 is 1.82 bits per heavy atom. The van der Waals surface area contributed by atoms with Crippen LogP contribution in [0.5, 0.6) is 0 Å². The molecule has 0 aliphatic carbocycles. The molecule has 0 saturated heterocycles. The molecular weight excluding hydrogens is 501 g/mol. The second-order valence-electron chi connectivity index (χ2n) is 7.39. The van der Waals surface area contributed by atoms with Gasteiger partial charge in [-0.3, -0.25) is 14.7 Å². The number of aromatic nitrogens is 2. The zero-order valence-corrected chi connectivity index (χ0v) is 20.7. The molecule has 4 rings (SSSR count). The number of aryl methyl sites for hydroxylation is 1. The predicted octanol–water partition coefficient (Wildman–Crippen LogP) is 5.70. The molecule has 0 atom stereocenters. The zero-order chi connectivity index (χ0) is 23.6. The van der Waals surface area contributed by atoms with Gasteiger partial charge in [0.1, 0.15) is 0 Å². The predicted molar refractivity (Wildman–Crippen MR) is 133 cm³/mol. The Kier molecular flexibility index (Phi) is 6.99. The molecule has 0 aliphatic heterocycles. The topological polar surface area (TPSA) is 80.2 Å². The number of benzene rings is 2. The number of fused-ring (bicyclic) bond motifs is 1. The van der Waals surface area contributed by atoms with E-state index >= 15 is 0 Å². The fourth-order valence-corrected chi connectivity index (χ4v) is 6.08. The second-order valence-corrected chi connectivity index (χ2v) is 11.4. The van der Waals surface area contributed by atoms with Crippen LogP contribution in [0.2, 0.25) is 10.0 Å². The molecule has 6 nitrogen and oxygen atoms in total. The molecule has 10 heteroatoms. The first-order chi connectivity index (χ1) is 15.7. The Bertz CT molecular complexity index is 1410. The Morgan fingerprint density at radius 1 is 1.06 bits per heavy atom. The van der Waals surface area contributed by atoms with Gasteiger partial charge in [0.2, 0.25) is 5.91 Å². The summed E-state index contributed by atoms with van der Waals surface area (Å²) in [4.78, 5) is 23.8. The molecule has 4 aromatic rings. The average molecular weight is 520 g/mol. The van der Waals surface area contributed by atoms with Crippen molar-refractivity contribution >= 4 is 65.6 Å². The van der Waals surface area contributed by atoms with Crippen LogP contribution in [0.25, 0.3) is 10.2 Å². The smallest absolute Gasteiger partial charge is 0.230 e. The number of hydrogen-bond acceptors (Lipinski definition) is 6. The molecule has 0 saturated carbocycles. The van der Waals surface area contributed by atoms with Crippen LogP contribution >= 0.6 is 34.5 Å². The van der Waals surface area contributed by atoms with Crippen LogP contribution in [-0.2, 0) is 21.2 Å². The van der Waals surface area contributed by atoms with Gasteiger partial charge in [0, 0.05) is 22.7 Å². The second kappa shape index (κ2) is 9.77. The van der Waals surface area contributed by atoms with Crippen LogP contribution in [0.1, 0.15) is 17.7 Å². The van der Waals surface area contributed by atoms with Crippen LogP contribution < -0.4 is 4.90 Å². The molecule has 2 heterocycles. The van der Waals surface area contributed by atoms with Gasteiger partial charge in [0.15, 0.2) is 15.0 Å². The summed E-state index contributed by atoms with van der Waals surface area (Å²) in [7, 11) is -3.65. The average Bonchev–Trinajstić information content (AvgIpc) is 3.21. The van der Waals surface area contributed by atoms with Gasteiger partial charge in [-0.1, -0.05) is 40.6 Å². The first-order valence-electron chi connectivity index (χ1n) is 9.98. The van der Waals surface area contributed by atoms with E-state index in [1.165, 1.54) is 40.5 Å². The van der Waals surface area contributed by atoms with E-state index in [4.69, 9.17) is 23.2 Å². The van der Waals surface area contributed by atoms with Crippen LogP contribution in [0.15, 0.2) is 65.7 Å². The van der Waals surface area contributed by atoms with Gasteiger partial charge < -0.3 is 0 Å². The van der Waals surface area contributed by atoms with Crippen LogP contribution in [-0.4, -0.2) is 30.0 Å². The molecule has 1 amide bonds. The molecule has 0 N–H and O–H groups in total. The summed E-state index contributed by atoms with van der Waals surface area (Å²) in [6.45, 7) is 2.08. The lowest BCUT2D eigenvalue weighted by molar-refractivity contribution is -0.118. The van der Waals surface area contributed by atoms with Crippen molar-refractivity contribution in [2.75, 3.05) is 10.7 Å². The molecule has 2 aromatic heterocycles. The number of halogens is 2. The number of anilines is 1. The lowest BCUT2D eigenvalue weighted by Gasteiger charge is -2.19. The number of nitrogens with zero attached hydrogens (tertiary/aromatic N) is 3. The molecule has 170 valence electrons. The lowest BCUT2D eigenvalue weighted by atomic mass is 10.2. The van der Waals surface area contributed by atoms with Crippen molar-refractivity contribution in [1.82, 2.24) is 9.97 Å². The van der Waals surface area contributed by atoms with Gasteiger partial charge in [-0.15, -0.1) is 0 Å². The van der Waals surface area contributed by atoms with E-state index < -0.39 is 9.84 Å². The number of carbonyl (C=O) groups excluding carboxylic acids is 1. The molecule has 0 bridgehead atoms. The summed E-state index contributed by atoms with van der Waals surface area (Å²) >= 11 is 13.4. The Morgan fingerprint density at radius 3 is 2.52 bits per heavy atom. The third-order valence-electron chi connectivity index (χ3n) is 4.97. The first kappa shape index (κ1) is 23.6. The number of pyridine rings is 1. The van der Waals surface area contributed by atoms with Gasteiger partial charge in [-0.25, -0.2) is 13.4 Å². The van der Waals surface area contributed by atoms with Crippen LogP contribution in [0.3, 0.4) is 0 Å². The zero-order valence-electron chi connectivity index (χ0n) is 17.5. The maximum Gasteiger partial charge on any atom is 0.230 e. The first-order valence-corrected chi connectivity index (χ1v) is 13.2. The van der Waals surface area contributed by atoms with Crippen LogP contribution in [0, 0.1) is 6.92 Å². The molecule has 0 unspecified atom stereocenters. The van der Waals surface area contributed by atoms with E-state index in [0.29, 0.717) is 20.9 Å². The highest BCUT2D eigenvalue weighted by atomic mass is 35.5. The van der Waals surface area contributed by atoms with E-state index in [1.54, 1.807) is 24.4 Å². The maximum atomic E-state index is 13.3. The molecule has 0 aliphatic rings. The summed E-state index contributed by atoms with van der Waals surface area (Å²) in [6.07, 6.45) is 1.44. The Hall–Kier alpha value is -2.52. The summed E-state index contributed by atoms with van der Waals surface area (Å²) in [5.74, 6) is -0.692. The normalized spacial score (nSPS) is 11.6. The standard InChI is InChI=1S/C23H19Cl2N3O3S2/c1-15-12-17(25)13-20-22(15)27-23(32-20)28(14-18-4-2-3-10-26-18)21(29)9-11-33(30,31)19-7-5-16(24)6-8-19/h2-8,10,12-13H,9,11,14H2,1H3. The summed E-state index contributed by atoms with van der Waals surface area (Å²) < 4.78 is 26.3. The van der Waals surface area contributed by atoms with Crippen molar-refractivity contribution in [3.05, 3.63) is 82.1 Å². The van der Waals surface area contributed by atoms with E-state index in [-0.39, 0.29) is 29.5 Å². The highest BCUT2D eigenvalue weighted by Gasteiger charge is 2.24. The third-order valence-corrected chi connectivity index (χ3v) is 8.20. The van der Waals surface area contributed by atoms with E-state index in [2.05, 4.69) is 9.97 Å². The molecule has 2 aromatic carbocycles. The molecule has 0 fully saturated rings.